The summed E-state index contributed by atoms with van der Waals surface area (Å²) in [6.45, 7) is 11.2. The Kier molecular flexibility index (Phi) is 5.70. The van der Waals surface area contributed by atoms with Crippen molar-refractivity contribution in [1.29, 1.82) is 0 Å². The highest BCUT2D eigenvalue weighted by molar-refractivity contribution is 4.89. The van der Waals surface area contributed by atoms with Crippen LogP contribution in [-0.2, 0) is 0 Å². The summed E-state index contributed by atoms with van der Waals surface area (Å²) >= 11 is 0. The zero-order valence-corrected chi connectivity index (χ0v) is 13.5. The summed E-state index contributed by atoms with van der Waals surface area (Å²) in [5.74, 6) is 3.65. The van der Waals surface area contributed by atoms with E-state index in [-0.39, 0.29) is 0 Å². The fourth-order valence-electron chi connectivity index (χ4n) is 4.09. The van der Waals surface area contributed by atoms with Gasteiger partial charge >= 0.3 is 0 Å². The van der Waals surface area contributed by atoms with E-state index in [9.17, 15) is 0 Å². The van der Waals surface area contributed by atoms with Gasteiger partial charge in [0.1, 0.15) is 0 Å². The zero-order valence-electron chi connectivity index (χ0n) is 13.5. The van der Waals surface area contributed by atoms with Crippen molar-refractivity contribution >= 4 is 0 Å². The van der Waals surface area contributed by atoms with Crippen LogP contribution in [0.3, 0.4) is 0 Å². The van der Waals surface area contributed by atoms with Crippen molar-refractivity contribution in [3.05, 3.63) is 0 Å². The van der Waals surface area contributed by atoms with Crippen molar-refractivity contribution in [2.75, 3.05) is 26.7 Å². The van der Waals surface area contributed by atoms with Crippen LogP contribution in [0.1, 0.15) is 52.9 Å². The lowest BCUT2D eigenvalue weighted by Crippen LogP contribution is -2.48. The molecule has 2 rings (SSSR count). The smallest absolute Gasteiger partial charge is 0.0110 e. The van der Waals surface area contributed by atoms with E-state index in [4.69, 9.17) is 0 Å². The van der Waals surface area contributed by atoms with Crippen LogP contribution in [0.4, 0.5) is 0 Å². The van der Waals surface area contributed by atoms with Gasteiger partial charge in [-0.25, -0.2) is 0 Å². The first-order valence-corrected chi connectivity index (χ1v) is 8.53. The van der Waals surface area contributed by atoms with Crippen molar-refractivity contribution in [3.63, 3.8) is 0 Å². The number of rotatable bonds is 7. The Morgan fingerprint density at radius 2 is 1.84 bits per heavy atom. The molecule has 4 unspecified atom stereocenters. The summed E-state index contributed by atoms with van der Waals surface area (Å²) < 4.78 is 0. The molecule has 4 atom stereocenters. The quantitative estimate of drug-likeness (QED) is 0.760. The predicted octanol–water partition coefficient (Wildman–Crippen LogP) is 3.38. The van der Waals surface area contributed by atoms with E-state index in [1.165, 1.54) is 51.7 Å². The lowest BCUT2D eigenvalue weighted by molar-refractivity contribution is 0.102. The average Bonchev–Trinajstić information content (AvgIpc) is 3.16. The third-order valence-corrected chi connectivity index (χ3v) is 5.27. The molecule has 112 valence electrons. The third kappa shape index (κ3) is 4.46. The first kappa shape index (κ1) is 15.3. The van der Waals surface area contributed by atoms with E-state index in [0.29, 0.717) is 0 Å². The molecule has 0 aromatic heterocycles. The van der Waals surface area contributed by atoms with Crippen molar-refractivity contribution in [2.45, 2.75) is 58.9 Å². The molecule has 2 aliphatic carbocycles. The Hall–Kier alpha value is -0.0800. The number of hydrogen-bond donors (Lipinski definition) is 1. The van der Waals surface area contributed by atoms with Crippen LogP contribution in [0.15, 0.2) is 0 Å². The van der Waals surface area contributed by atoms with E-state index in [1.807, 2.05) is 0 Å². The van der Waals surface area contributed by atoms with Crippen LogP contribution >= 0.6 is 0 Å². The van der Waals surface area contributed by atoms with Gasteiger partial charge in [0.25, 0.3) is 0 Å². The molecule has 0 spiro atoms. The predicted molar refractivity (Wildman–Crippen MR) is 83.4 cm³/mol. The molecule has 19 heavy (non-hydrogen) atoms. The third-order valence-electron chi connectivity index (χ3n) is 5.27. The largest absolute Gasteiger partial charge is 0.317 e. The van der Waals surface area contributed by atoms with Gasteiger partial charge in [-0.2, -0.15) is 0 Å². The molecule has 0 bridgehead atoms. The highest BCUT2D eigenvalue weighted by Gasteiger charge is 2.35. The molecule has 1 N–H and O–H groups in total. The Morgan fingerprint density at radius 1 is 1.11 bits per heavy atom. The second kappa shape index (κ2) is 7.08. The minimum atomic E-state index is 0.734. The maximum atomic E-state index is 3.60. The minimum Gasteiger partial charge on any atom is -0.317 e. The first-order valence-electron chi connectivity index (χ1n) is 8.53. The number of nitrogens with one attached hydrogen (secondary N) is 1. The molecule has 0 saturated heterocycles. The Morgan fingerprint density at radius 3 is 2.42 bits per heavy atom. The molecular formula is C17H34N2. The van der Waals surface area contributed by atoms with E-state index in [1.54, 1.807) is 0 Å². The van der Waals surface area contributed by atoms with E-state index >= 15 is 0 Å². The maximum absolute atomic E-state index is 3.60. The van der Waals surface area contributed by atoms with Gasteiger partial charge in [-0.05, 0) is 69.4 Å². The van der Waals surface area contributed by atoms with Crippen LogP contribution < -0.4 is 5.32 Å². The van der Waals surface area contributed by atoms with Gasteiger partial charge in [0.05, 0.1) is 0 Å². The summed E-state index contributed by atoms with van der Waals surface area (Å²) in [7, 11) is 2.16. The fourth-order valence-corrected chi connectivity index (χ4v) is 4.09. The Bertz CT molecular complexity index is 262. The molecule has 2 heteroatoms. The molecule has 0 aromatic carbocycles. The average molecular weight is 266 g/mol. The van der Waals surface area contributed by atoms with E-state index in [0.717, 1.165) is 29.7 Å². The van der Waals surface area contributed by atoms with Gasteiger partial charge < -0.3 is 10.2 Å². The van der Waals surface area contributed by atoms with Crippen LogP contribution in [-0.4, -0.2) is 37.6 Å². The van der Waals surface area contributed by atoms with Crippen molar-refractivity contribution in [1.82, 2.24) is 10.2 Å². The molecule has 0 amide bonds. The van der Waals surface area contributed by atoms with Crippen LogP contribution in [0.2, 0.25) is 0 Å². The summed E-state index contributed by atoms with van der Waals surface area (Å²) in [5.41, 5.74) is 0. The topological polar surface area (TPSA) is 15.3 Å². The SMILES string of the molecule is CCCN(CC1CC1)CC1C(C)CC(C)CC1NC. The fraction of sp³-hybridized carbons (Fsp3) is 1.00. The maximum Gasteiger partial charge on any atom is 0.0110 e. The first-order chi connectivity index (χ1) is 9.13. The van der Waals surface area contributed by atoms with Gasteiger partial charge in [0.2, 0.25) is 0 Å². The van der Waals surface area contributed by atoms with E-state index in [2.05, 4.69) is 38.0 Å². The summed E-state index contributed by atoms with van der Waals surface area (Å²) in [6.07, 6.45) is 7.05. The van der Waals surface area contributed by atoms with Gasteiger partial charge in [-0.1, -0.05) is 20.8 Å². The Labute approximate surface area is 120 Å². The molecule has 2 aliphatic rings. The van der Waals surface area contributed by atoms with Crippen LogP contribution in [0.25, 0.3) is 0 Å². The standard InChI is InChI=1S/C17H34N2/c1-5-8-19(11-15-6-7-15)12-16-14(3)9-13(2)10-17(16)18-4/h13-18H,5-12H2,1-4H3. The lowest BCUT2D eigenvalue weighted by atomic mass is 9.72. The normalized spacial score (nSPS) is 35.8. The minimum absolute atomic E-state index is 0.734. The molecule has 2 fully saturated rings. The molecule has 0 radical (unpaired) electrons. The van der Waals surface area contributed by atoms with Crippen LogP contribution in [0.5, 0.6) is 0 Å². The second-order valence-electron chi connectivity index (χ2n) is 7.32. The summed E-state index contributed by atoms with van der Waals surface area (Å²) in [4.78, 5) is 2.76. The van der Waals surface area contributed by atoms with Crippen LogP contribution in [0, 0.1) is 23.7 Å². The molecule has 2 saturated carbocycles. The van der Waals surface area contributed by atoms with Crippen molar-refractivity contribution in [3.8, 4) is 0 Å². The van der Waals surface area contributed by atoms with Gasteiger partial charge in [0.15, 0.2) is 0 Å². The summed E-state index contributed by atoms with van der Waals surface area (Å²) in [5, 5.41) is 3.60. The zero-order chi connectivity index (χ0) is 13.8. The molecule has 0 aromatic rings. The molecule has 2 nitrogen and oxygen atoms in total. The molecule has 0 heterocycles. The monoisotopic (exact) mass is 266 g/mol. The number of hydrogen-bond acceptors (Lipinski definition) is 2. The van der Waals surface area contributed by atoms with Gasteiger partial charge in [-0.15, -0.1) is 0 Å². The van der Waals surface area contributed by atoms with Crippen molar-refractivity contribution in [2.24, 2.45) is 23.7 Å². The van der Waals surface area contributed by atoms with Gasteiger partial charge in [-0.3, -0.25) is 0 Å². The lowest BCUT2D eigenvalue weighted by Gasteiger charge is -2.42. The van der Waals surface area contributed by atoms with E-state index < -0.39 is 0 Å². The molecule has 0 aliphatic heterocycles. The number of nitrogens with zero attached hydrogens (tertiary/aromatic N) is 1. The highest BCUT2D eigenvalue weighted by atomic mass is 15.1. The highest BCUT2D eigenvalue weighted by Crippen LogP contribution is 2.35. The summed E-state index contributed by atoms with van der Waals surface area (Å²) in [6, 6.07) is 0.734. The molecular weight excluding hydrogens is 232 g/mol. The Balaban J connectivity index is 1.91. The van der Waals surface area contributed by atoms with Gasteiger partial charge in [0, 0.05) is 19.1 Å². The second-order valence-corrected chi connectivity index (χ2v) is 7.32. The van der Waals surface area contributed by atoms with Crippen molar-refractivity contribution < 1.29 is 0 Å².